The lowest BCUT2D eigenvalue weighted by atomic mass is 10.5. The van der Waals surface area contributed by atoms with Gasteiger partial charge in [-0.15, -0.1) is 0 Å². The van der Waals surface area contributed by atoms with E-state index in [4.69, 9.17) is 1.37 Å². The van der Waals surface area contributed by atoms with Crippen LogP contribution in [-0.2, 0) is 14.1 Å². The second-order valence-corrected chi connectivity index (χ2v) is 5.23. The molecular weight excluding hydrogens is 368 g/mol. The first-order chi connectivity index (χ1) is 11.4. The number of imidazole rings is 2. The number of aromatic amines is 2. The van der Waals surface area contributed by atoms with Crippen molar-refractivity contribution in [1.29, 1.82) is 0 Å². The normalized spacial score (nSPS) is 11.3. The fourth-order valence-corrected chi connectivity index (χ4v) is 2.31. The third-order valence-corrected chi connectivity index (χ3v) is 3.78. The van der Waals surface area contributed by atoms with Crippen molar-refractivity contribution in [2.45, 2.75) is 0 Å². The number of aromatic nitrogens is 8. The quantitative estimate of drug-likeness (QED) is 0.416. The summed E-state index contributed by atoms with van der Waals surface area (Å²) in [6.07, 6.45) is 2.65. The summed E-state index contributed by atoms with van der Waals surface area (Å²) in [6, 6.07) is 0. The van der Waals surface area contributed by atoms with Gasteiger partial charge < -0.3 is 19.1 Å². The van der Waals surface area contributed by atoms with Crippen LogP contribution in [0.4, 0.5) is 0 Å². The molecule has 0 unspecified atom stereocenters. The second-order valence-electron chi connectivity index (χ2n) is 4.52. The average molecular weight is 380 g/mol. The van der Waals surface area contributed by atoms with Crippen molar-refractivity contribution in [3.8, 4) is 0 Å². The Morgan fingerprint density at radius 3 is 2.26 bits per heavy atom. The van der Waals surface area contributed by atoms with Crippen molar-refractivity contribution in [3.63, 3.8) is 0 Å². The third-order valence-electron chi connectivity index (χ3n) is 3.07. The summed E-state index contributed by atoms with van der Waals surface area (Å²) in [5.74, 6) is 0. The van der Waals surface area contributed by atoms with E-state index in [1.54, 1.807) is 18.7 Å². The maximum atomic E-state index is 11.2. The van der Waals surface area contributed by atoms with E-state index in [-0.39, 0.29) is 17.4 Å². The molecule has 4 aromatic heterocycles. The predicted molar refractivity (Wildman–Crippen MR) is 86.0 cm³/mol. The third kappa shape index (κ3) is 2.65. The van der Waals surface area contributed by atoms with Crippen molar-refractivity contribution >= 4 is 38.3 Å². The molecule has 11 heteroatoms. The average Bonchev–Trinajstić information content (AvgIpc) is 2.99. The van der Waals surface area contributed by atoms with Gasteiger partial charge in [0.1, 0.15) is 1.37 Å². The zero-order valence-electron chi connectivity index (χ0n) is 13.0. The molecule has 0 aliphatic carbocycles. The maximum absolute atomic E-state index is 11.2. The minimum absolute atomic E-state index is 0.0363. The number of halogens is 1. The smallest absolute Gasteiger partial charge is 0.276 e. The largest absolute Gasteiger partial charge is 0.328 e. The Labute approximate surface area is 137 Å². The summed E-state index contributed by atoms with van der Waals surface area (Å²) < 4.78 is 10.9. The minimum atomic E-state index is -0.270. The second kappa shape index (κ2) is 5.76. The Morgan fingerprint density at radius 1 is 1.04 bits per heavy atom. The van der Waals surface area contributed by atoms with E-state index in [1.807, 2.05) is 0 Å². The summed E-state index contributed by atoms with van der Waals surface area (Å²) in [5.41, 5.74) is 1.13. The first-order valence-corrected chi connectivity index (χ1v) is 7.11. The molecule has 23 heavy (non-hydrogen) atoms. The van der Waals surface area contributed by atoms with Crippen LogP contribution in [0.25, 0.3) is 22.3 Å². The topological polar surface area (TPSA) is 127 Å². The van der Waals surface area contributed by atoms with Crippen LogP contribution >= 0.6 is 15.9 Å². The van der Waals surface area contributed by atoms with Crippen LogP contribution in [0.1, 0.15) is 1.37 Å². The van der Waals surface area contributed by atoms with Gasteiger partial charge in [-0.25, -0.2) is 19.9 Å². The molecule has 0 radical (unpaired) electrons. The highest BCUT2D eigenvalue weighted by molar-refractivity contribution is 9.10. The molecule has 0 saturated carbocycles. The van der Waals surface area contributed by atoms with Crippen molar-refractivity contribution in [2.75, 3.05) is 0 Å². The summed E-state index contributed by atoms with van der Waals surface area (Å²) in [6.45, 7) is 0. The van der Waals surface area contributed by atoms with Crippen LogP contribution in [0, 0.1) is 0 Å². The van der Waals surface area contributed by atoms with E-state index in [0.29, 0.717) is 27.1 Å². The molecule has 4 rings (SSSR count). The molecule has 0 spiro atoms. The van der Waals surface area contributed by atoms with Crippen molar-refractivity contribution in [3.05, 3.63) is 44.4 Å². The lowest BCUT2D eigenvalue weighted by molar-refractivity contribution is 0.905. The lowest BCUT2D eigenvalue weighted by Gasteiger charge is -1.91. The molecular formula is C12H11BrN8O2. The number of hydrogen-bond donors (Lipinski definition) is 2. The Balaban J connectivity index is 0.000000141. The fourth-order valence-electron chi connectivity index (χ4n) is 1.96. The molecule has 2 N–H and O–H groups in total. The standard InChI is InChI=1S/C6H5BrN4O.C6H6N4O/c1-11-3-4(10-6(11)7)8-2-9-5(3)12;1-10-3-9-5-4(10)6(11)8-2-7-5/h2H,1H3,(H,8,9,12);2-3H,1H3,(H,7,8,11)/i;3D. The first kappa shape index (κ1) is 13.8. The monoisotopic (exact) mass is 379 g/mol. The number of nitrogens with zero attached hydrogens (tertiary/aromatic N) is 6. The van der Waals surface area contributed by atoms with Gasteiger partial charge >= 0.3 is 0 Å². The molecule has 0 aliphatic rings. The van der Waals surface area contributed by atoms with Gasteiger partial charge in [0, 0.05) is 14.1 Å². The number of hydrogen-bond acceptors (Lipinski definition) is 6. The van der Waals surface area contributed by atoms with E-state index in [1.165, 1.54) is 17.2 Å². The Bertz CT molecular complexity index is 1070. The first-order valence-electron chi connectivity index (χ1n) is 6.82. The van der Waals surface area contributed by atoms with E-state index in [2.05, 4.69) is 45.8 Å². The van der Waals surface area contributed by atoms with Gasteiger partial charge in [-0.2, -0.15) is 0 Å². The van der Waals surface area contributed by atoms with Crippen LogP contribution in [0.2, 0.25) is 0 Å². The summed E-state index contributed by atoms with van der Waals surface area (Å²) in [7, 11) is 3.35. The molecule has 0 aliphatic heterocycles. The fraction of sp³-hybridized carbons (Fsp3) is 0.167. The number of fused-ring (bicyclic) bond motifs is 2. The maximum Gasteiger partial charge on any atom is 0.276 e. The zero-order valence-corrected chi connectivity index (χ0v) is 13.6. The minimum Gasteiger partial charge on any atom is -0.328 e. The van der Waals surface area contributed by atoms with Crippen molar-refractivity contribution in [2.24, 2.45) is 14.1 Å². The van der Waals surface area contributed by atoms with Gasteiger partial charge in [0.25, 0.3) is 11.1 Å². The number of H-pyrrole nitrogens is 2. The molecule has 0 atom stereocenters. The highest BCUT2D eigenvalue weighted by Crippen LogP contribution is 2.11. The molecule has 0 fully saturated rings. The molecule has 0 amide bonds. The zero-order chi connectivity index (χ0) is 17.4. The Kier molecular flexibility index (Phi) is 3.46. The molecule has 0 aromatic carbocycles. The molecule has 118 valence electrons. The van der Waals surface area contributed by atoms with Gasteiger partial charge in [-0.3, -0.25) is 9.59 Å². The van der Waals surface area contributed by atoms with Crippen molar-refractivity contribution < 1.29 is 1.37 Å². The van der Waals surface area contributed by atoms with Crippen LogP contribution < -0.4 is 11.1 Å². The van der Waals surface area contributed by atoms with Crippen LogP contribution in [0.3, 0.4) is 0 Å². The van der Waals surface area contributed by atoms with E-state index in [0.717, 1.165) is 0 Å². The van der Waals surface area contributed by atoms with Gasteiger partial charge in [0.05, 0.1) is 19.0 Å². The van der Waals surface area contributed by atoms with Crippen molar-refractivity contribution in [1.82, 2.24) is 39.0 Å². The summed E-state index contributed by atoms with van der Waals surface area (Å²) >= 11 is 3.20. The van der Waals surface area contributed by atoms with Gasteiger partial charge in [-0.05, 0) is 15.9 Å². The molecule has 10 nitrogen and oxygen atoms in total. The Hall–Kier alpha value is -2.82. The number of aryl methyl sites for hydroxylation is 2. The molecule has 0 bridgehead atoms. The van der Waals surface area contributed by atoms with Gasteiger partial charge in [0.2, 0.25) is 0 Å². The van der Waals surface area contributed by atoms with Crippen LogP contribution in [-0.4, -0.2) is 39.0 Å². The number of nitrogens with one attached hydrogen (secondary N) is 2. The summed E-state index contributed by atoms with van der Waals surface area (Å²) in [5, 5.41) is 0. The van der Waals surface area contributed by atoms with Gasteiger partial charge in [-0.1, -0.05) is 0 Å². The predicted octanol–water partition coefficient (Wildman–Crippen LogP) is 0.0757. The van der Waals surface area contributed by atoms with Gasteiger partial charge in [0.15, 0.2) is 27.1 Å². The lowest BCUT2D eigenvalue weighted by Crippen LogP contribution is -2.09. The van der Waals surface area contributed by atoms with E-state index < -0.39 is 0 Å². The van der Waals surface area contributed by atoms with Crippen LogP contribution in [0.15, 0.2) is 33.3 Å². The summed E-state index contributed by atoms with van der Waals surface area (Å²) in [4.78, 5) is 42.8. The molecule has 4 aromatic rings. The van der Waals surface area contributed by atoms with E-state index in [9.17, 15) is 9.59 Å². The SMILES string of the molecule is Cn1c(Br)nc2nc[nH]c(=O)c21.[2H]c1nc2nc[nH]c(=O)c2n1C. The Morgan fingerprint density at radius 2 is 1.65 bits per heavy atom. The highest BCUT2D eigenvalue weighted by Gasteiger charge is 2.08. The molecule has 0 saturated heterocycles. The number of rotatable bonds is 0. The van der Waals surface area contributed by atoms with E-state index >= 15 is 0 Å². The van der Waals surface area contributed by atoms with Crippen LogP contribution in [0.5, 0.6) is 0 Å². The highest BCUT2D eigenvalue weighted by atomic mass is 79.9. The molecule has 4 heterocycles.